The molecule has 2 aromatic carbocycles. The Balaban J connectivity index is 2.08. The number of hydrogen-bond acceptors (Lipinski definition) is 5. The van der Waals surface area contributed by atoms with Crippen molar-refractivity contribution in [2.75, 3.05) is 5.73 Å². The molecule has 6 heteroatoms. The molecule has 0 aromatic heterocycles. The molecule has 1 saturated heterocycles. The van der Waals surface area contributed by atoms with Gasteiger partial charge < -0.3 is 20.8 Å². The molecule has 0 saturated carbocycles. The van der Waals surface area contributed by atoms with Gasteiger partial charge in [0.15, 0.2) is 11.8 Å². The lowest BCUT2D eigenvalue weighted by Gasteiger charge is -2.46. The van der Waals surface area contributed by atoms with Crippen LogP contribution in [0.4, 0.5) is 5.69 Å². The molecule has 6 nitrogen and oxygen atoms in total. The van der Waals surface area contributed by atoms with Crippen molar-refractivity contribution in [3.63, 3.8) is 0 Å². The summed E-state index contributed by atoms with van der Waals surface area (Å²) in [5, 5.41) is 31.5. The maximum atomic E-state index is 12.0. The third-order valence-corrected chi connectivity index (χ3v) is 4.55. The lowest BCUT2D eigenvalue weighted by molar-refractivity contribution is -1.07. The van der Waals surface area contributed by atoms with E-state index in [9.17, 15) is 15.5 Å². The summed E-state index contributed by atoms with van der Waals surface area (Å²) in [6.07, 6.45) is -0.616. The summed E-state index contributed by atoms with van der Waals surface area (Å²) in [5.41, 5.74) is 7.95. The first-order valence-electron chi connectivity index (χ1n) is 7.91. The van der Waals surface area contributed by atoms with E-state index in [0.29, 0.717) is 11.3 Å². The maximum Gasteiger partial charge on any atom is 0.164 e. The van der Waals surface area contributed by atoms with Crippen LogP contribution < -0.4 is 11.0 Å². The average molecular weight is 330 g/mol. The summed E-state index contributed by atoms with van der Waals surface area (Å²) in [5.74, 6) is -1.81. The number of rotatable bonds is 3. The lowest BCUT2D eigenvalue weighted by Crippen LogP contribution is -3.10. The average Bonchev–Trinajstić information content (AvgIpc) is 2.54. The van der Waals surface area contributed by atoms with E-state index in [4.69, 9.17) is 10.5 Å². The first kappa shape index (κ1) is 16.9. The number of nitrogen functional groups attached to an aromatic ring is 1. The van der Waals surface area contributed by atoms with Crippen LogP contribution in [0.5, 0.6) is 0 Å². The molecule has 3 rings (SSSR count). The first-order valence-corrected chi connectivity index (χ1v) is 7.91. The molecule has 24 heavy (non-hydrogen) atoms. The Labute approximate surface area is 140 Å². The predicted molar refractivity (Wildman–Crippen MR) is 89.0 cm³/mol. The summed E-state index contributed by atoms with van der Waals surface area (Å²) < 4.78 is 5.76. The minimum absolute atomic E-state index is 0.206. The zero-order valence-corrected chi connectivity index (χ0v) is 13.4. The molecule has 5 N–H and O–H groups in total. The molecule has 1 aliphatic heterocycles. The third-order valence-electron chi connectivity index (χ3n) is 4.55. The Bertz CT molecular complexity index is 690. The molecule has 1 fully saturated rings. The van der Waals surface area contributed by atoms with Crippen molar-refractivity contribution in [3.8, 4) is 0 Å². The molecule has 0 bridgehead atoms. The van der Waals surface area contributed by atoms with Crippen molar-refractivity contribution < 1.29 is 20.3 Å². The van der Waals surface area contributed by atoms with Gasteiger partial charge >= 0.3 is 0 Å². The Morgan fingerprint density at radius 2 is 1.79 bits per heavy atom. The SMILES string of the molecule is C[C@]1(O)C[C@H](c2ccccc2)[C@H]([NH+]([O-])O)[C@@H](c2ccccc2N)O1. The second kappa shape index (κ2) is 6.51. The van der Waals surface area contributed by atoms with Crippen LogP contribution in [0.15, 0.2) is 54.6 Å². The maximum absolute atomic E-state index is 12.0. The van der Waals surface area contributed by atoms with E-state index in [1.807, 2.05) is 30.3 Å². The highest BCUT2D eigenvalue weighted by Gasteiger charge is 2.49. The summed E-state index contributed by atoms with van der Waals surface area (Å²) in [6.45, 7) is 1.56. The quantitative estimate of drug-likeness (QED) is 0.503. The molecule has 5 atom stereocenters. The van der Waals surface area contributed by atoms with Crippen LogP contribution in [0.3, 0.4) is 0 Å². The monoisotopic (exact) mass is 330 g/mol. The van der Waals surface area contributed by atoms with Gasteiger partial charge in [-0.05, 0) is 18.6 Å². The van der Waals surface area contributed by atoms with Gasteiger partial charge in [0.1, 0.15) is 6.10 Å². The zero-order valence-electron chi connectivity index (χ0n) is 13.4. The van der Waals surface area contributed by atoms with Gasteiger partial charge in [0.2, 0.25) is 0 Å². The normalized spacial score (nSPS) is 31.6. The zero-order chi connectivity index (χ0) is 17.3. The predicted octanol–water partition coefficient (Wildman–Crippen LogP) is 1.36. The molecular formula is C18H22N2O4. The standard InChI is InChI=1S/C18H22N2O4/c1-18(21)11-14(12-7-3-2-4-8-12)16(20(22)23)17(24-18)13-9-5-6-10-15(13)19/h2-10,14,16-17,20-22H,11,19H2,1H3/t14-,16+,17-,18-/m1/s1. The van der Waals surface area contributed by atoms with Crippen LogP contribution in [-0.4, -0.2) is 22.1 Å². The van der Waals surface area contributed by atoms with Gasteiger partial charge in [0.25, 0.3) is 0 Å². The highest BCUT2D eigenvalue weighted by atomic mass is 16.8. The number of benzene rings is 2. The highest BCUT2D eigenvalue weighted by Crippen LogP contribution is 2.44. The fourth-order valence-electron chi connectivity index (χ4n) is 3.49. The van der Waals surface area contributed by atoms with Crippen molar-refractivity contribution in [3.05, 3.63) is 70.9 Å². The number of hydroxylamine groups is 2. The van der Waals surface area contributed by atoms with E-state index in [-0.39, 0.29) is 12.3 Å². The van der Waals surface area contributed by atoms with Crippen LogP contribution in [0.2, 0.25) is 0 Å². The van der Waals surface area contributed by atoms with Gasteiger partial charge in [-0.3, -0.25) is 0 Å². The molecule has 1 unspecified atom stereocenters. The Hall–Kier alpha value is -1.96. The van der Waals surface area contributed by atoms with Gasteiger partial charge in [-0.1, -0.05) is 48.5 Å². The highest BCUT2D eigenvalue weighted by molar-refractivity contribution is 5.48. The summed E-state index contributed by atoms with van der Waals surface area (Å²) >= 11 is 0. The van der Waals surface area contributed by atoms with Crippen molar-refractivity contribution >= 4 is 5.69 Å². The van der Waals surface area contributed by atoms with Crippen LogP contribution in [-0.2, 0) is 4.74 Å². The molecule has 128 valence electrons. The van der Waals surface area contributed by atoms with E-state index in [2.05, 4.69) is 0 Å². The number of nitrogens with two attached hydrogens (primary N) is 1. The molecular weight excluding hydrogens is 308 g/mol. The minimum Gasteiger partial charge on any atom is -0.600 e. The van der Waals surface area contributed by atoms with E-state index < -0.39 is 23.2 Å². The minimum atomic E-state index is -1.43. The molecule has 2 aromatic rings. The van der Waals surface area contributed by atoms with E-state index in [1.165, 1.54) is 0 Å². The van der Waals surface area contributed by atoms with Gasteiger partial charge in [-0.25, -0.2) is 10.4 Å². The molecule has 0 spiro atoms. The number of anilines is 1. The molecule has 0 aliphatic carbocycles. The summed E-state index contributed by atoms with van der Waals surface area (Å²) in [4.78, 5) is 0. The van der Waals surface area contributed by atoms with Crippen molar-refractivity contribution in [1.29, 1.82) is 0 Å². The number of quaternary nitrogens is 1. The fraction of sp³-hybridized carbons (Fsp3) is 0.333. The van der Waals surface area contributed by atoms with E-state index >= 15 is 0 Å². The number of nitrogens with one attached hydrogen (secondary N) is 1. The number of hydrogen-bond donors (Lipinski definition) is 4. The second-order valence-corrected chi connectivity index (χ2v) is 6.43. The number of para-hydroxylation sites is 1. The summed E-state index contributed by atoms with van der Waals surface area (Å²) in [6, 6.07) is 15.6. The van der Waals surface area contributed by atoms with Crippen molar-refractivity contribution in [2.24, 2.45) is 0 Å². The van der Waals surface area contributed by atoms with Gasteiger partial charge in [-0.2, -0.15) is 0 Å². The number of aliphatic hydroxyl groups is 1. The van der Waals surface area contributed by atoms with Crippen molar-refractivity contribution in [2.45, 2.75) is 37.2 Å². The van der Waals surface area contributed by atoms with E-state index in [1.54, 1.807) is 31.2 Å². The smallest absolute Gasteiger partial charge is 0.164 e. The molecule has 1 aliphatic rings. The topological polar surface area (TPSA) is 103 Å². The largest absolute Gasteiger partial charge is 0.600 e. The van der Waals surface area contributed by atoms with Gasteiger partial charge in [0.05, 0.1) is 0 Å². The van der Waals surface area contributed by atoms with Gasteiger partial charge in [-0.15, -0.1) is 0 Å². The first-order chi connectivity index (χ1) is 11.4. The third kappa shape index (κ3) is 3.28. The molecule has 1 heterocycles. The van der Waals surface area contributed by atoms with Crippen LogP contribution in [0.25, 0.3) is 0 Å². The van der Waals surface area contributed by atoms with E-state index in [0.717, 1.165) is 5.56 Å². The Morgan fingerprint density at radius 1 is 1.17 bits per heavy atom. The summed E-state index contributed by atoms with van der Waals surface area (Å²) in [7, 11) is 0. The molecule has 0 amide bonds. The Kier molecular flexibility index (Phi) is 4.58. The Morgan fingerprint density at radius 3 is 2.42 bits per heavy atom. The van der Waals surface area contributed by atoms with Gasteiger partial charge in [0, 0.05) is 23.6 Å². The second-order valence-electron chi connectivity index (χ2n) is 6.43. The van der Waals surface area contributed by atoms with Crippen LogP contribution in [0.1, 0.15) is 36.5 Å². The van der Waals surface area contributed by atoms with Crippen LogP contribution >= 0.6 is 0 Å². The van der Waals surface area contributed by atoms with Crippen LogP contribution in [0, 0.1) is 5.21 Å². The molecule has 0 radical (unpaired) electrons. The number of ether oxygens (including phenoxy) is 1. The fourth-order valence-corrected chi connectivity index (χ4v) is 3.49. The lowest BCUT2D eigenvalue weighted by atomic mass is 9.79. The van der Waals surface area contributed by atoms with Crippen molar-refractivity contribution in [1.82, 2.24) is 0 Å².